The van der Waals surface area contributed by atoms with Crippen LogP contribution in [-0.2, 0) is 4.79 Å². The van der Waals surface area contributed by atoms with Crippen LogP contribution in [0.3, 0.4) is 0 Å². The maximum absolute atomic E-state index is 13.6. The Morgan fingerprint density at radius 1 is 0.917 bits per heavy atom. The number of rotatable bonds is 13. The molecular formula is C30H39N3O3. The number of benzene rings is 2. The lowest BCUT2D eigenvalue weighted by Gasteiger charge is -2.26. The number of aromatic amines is 1. The van der Waals surface area contributed by atoms with E-state index in [0.29, 0.717) is 17.8 Å². The summed E-state index contributed by atoms with van der Waals surface area (Å²) in [5.41, 5.74) is 2.63. The summed E-state index contributed by atoms with van der Waals surface area (Å²) in [4.78, 5) is 41.7. The molecule has 6 nitrogen and oxygen atoms in total. The van der Waals surface area contributed by atoms with E-state index in [-0.39, 0.29) is 29.8 Å². The van der Waals surface area contributed by atoms with E-state index in [1.54, 1.807) is 4.90 Å². The van der Waals surface area contributed by atoms with Gasteiger partial charge in [0.1, 0.15) is 5.56 Å². The largest absolute Gasteiger partial charge is 0.333 e. The van der Waals surface area contributed by atoms with Crippen molar-refractivity contribution < 1.29 is 9.59 Å². The Balaban J connectivity index is 1.86. The number of H-pyrrole nitrogens is 1. The van der Waals surface area contributed by atoms with Gasteiger partial charge in [-0.2, -0.15) is 0 Å². The molecule has 0 fully saturated rings. The van der Waals surface area contributed by atoms with Crippen molar-refractivity contribution >= 4 is 11.7 Å². The second-order valence-corrected chi connectivity index (χ2v) is 9.76. The molecule has 0 saturated heterocycles. The van der Waals surface area contributed by atoms with Crippen LogP contribution in [0.2, 0.25) is 0 Å². The van der Waals surface area contributed by atoms with Gasteiger partial charge in [0.25, 0.3) is 5.56 Å². The maximum atomic E-state index is 13.6. The molecule has 0 saturated carbocycles. The fraction of sp³-hybridized carbons (Fsp3) is 0.433. The van der Waals surface area contributed by atoms with Crippen LogP contribution in [0.1, 0.15) is 81.6 Å². The minimum absolute atomic E-state index is 0.0375. The number of aryl methyl sites for hydroxylation is 1. The number of carbonyl (C=O) groups is 2. The van der Waals surface area contributed by atoms with E-state index in [2.05, 4.69) is 12.0 Å². The highest BCUT2D eigenvalue weighted by Gasteiger charge is 2.27. The number of Topliss-reactive ketones (excluding diaryl/α,β-unsaturated/α-hetero) is 1. The Bertz CT molecular complexity index is 1190. The molecule has 36 heavy (non-hydrogen) atoms. The number of carbonyl (C=O) groups excluding carboxylic acids is 2. The number of unbranched alkanes of at least 4 members (excludes halogenated alkanes) is 5. The predicted molar refractivity (Wildman–Crippen MR) is 146 cm³/mol. The van der Waals surface area contributed by atoms with Crippen LogP contribution in [0.4, 0.5) is 0 Å². The van der Waals surface area contributed by atoms with Gasteiger partial charge in [0.2, 0.25) is 5.91 Å². The van der Waals surface area contributed by atoms with E-state index in [1.165, 1.54) is 23.9 Å². The standard InChI is InChI=1S/C30H39N3O3/c1-5-6-7-8-9-13-16-27(35)32(22(2)3)21-26(34)28-29(24-14-11-10-12-15-24)31-33(30(28)36)25-19-17-23(4)18-20-25/h10-12,14-15,17-20,22,31H,5-9,13,16,21H2,1-4H3. The third kappa shape index (κ3) is 6.84. The maximum Gasteiger partial charge on any atom is 0.282 e. The van der Waals surface area contributed by atoms with Gasteiger partial charge in [0, 0.05) is 18.0 Å². The summed E-state index contributed by atoms with van der Waals surface area (Å²) < 4.78 is 1.41. The normalized spacial score (nSPS) is 11.1. The molecule has 1 N–H and O–H groups in total. The molecule has 0 bridgehead atoms. The van der Waals surface area contributed by atoms with Crippen molar-refractivity contribution in [3.8, 4) is 16.9 Å². The number of aromatic nitrogens is 2. The van der Waals surface area contributed by atoms with Gasteiger partial charge in [-0.1, -0.05) is 87.1 Å². The summed E-state index contributed by atoms with van der Waals surface area (Å²) in [6, 6.07) is 16.8. The first-order chi connectivity index (χ1) is 17.3. The van der Waals surface area contributed by atoms with Crippen LogP contribution < -0.4 is 5.56 Å². The number of nitrogens with one attached hydrogen (secondary N) is 1. The van der Waals surface area contributed by atoms with E-state index < -0.39 is 5.56 Å². The molecule has 0 radical (unpaired) electrons. The van der Waals surface area contributed by atoms with Gasteiger partial charge >= 0.3 is 0 Å². The van der Waals surface area contributed by atoms with Crippen LogP contribution in [0.5, 0.6) is 0 Å². The topological polar surface area (TPSA) is 75.2 Å². The zero-order valence-corrected chi connectivity index (χ0v) is 22.0. The number of hydrogen-bond donors (Lipinski definition) is 1. The molecule has 0 aliphatic rings. The molecule has 0 atom stereocenters. The smallest absolute Gasteiger partial charge is 0.282 e. The monoisotopic (exact) mass is 489 g/mol. The number of hydrogen-bond acceptors (Lipinski definition) is 3. The molecule has 2 aromatic carbocycles. The Morgan fingerprint density at radius 2 is 1.56 bits per heavy atom. The summed E-state index contributed by atoms with van der Waals surface area (Å²) >= 11 is 0. The van der Waals surface area contributed by atoms with E-state index in [0.717, 1.165) is 30.4 Å². The average Bonchev–Trinajstić information content (AvgIpc) is 3.22. The van der Waals surface area contributed by atoms with Crippen molar-refractivity contribution in [3.05, 3.63) is 76.1 Å². The summed E-state index contributed by atoms with van der Waals surface area (Å²) in [6.07, 6.45) is 7.00. The summed E-state index contributed by atoms with van der Waals surface area (Å²) in [5.74, 6) is -0.393. The summed E-state index contributed by atoms with van der Waals surface area (Å²) in [5, 5.41) is 3.15. The third-order valence-corrected chi connectivity index (χ3v) is 6.53. The van der Waals surface area contributed by atoms with Gasteiger partial charge in [-0.3, -0.25) is 19.5 Å². The van der Waals surface area contributed by atoms with Crippen molar-refractivity contribution in [1.29, 1.82) is 0 Å². The molecule has 0 unspecified atom stereocenters. The molecule has 0 spiro atoms. The summed E-state index contributed by atoms with van der Waals surface area (Å²) in [6.45, 7) is 7.87. The van der Waals surface area contributed by atoms with Gasteiger partial charge < -0.3 is 4.90 Å². The van der Waals surface area contributed by atoms with Crippen molar-refractivity contribution in [1.82, 2.24) is 14.7 Å². The van der Waals surface area contributed by atoms with Crippen LogP contribution in [-0.4, -0.2) is 39.0 Å². The van der Waals surface area contributed by atoms with Gasteiger partial charge in [-0.05, 0) is 39.3 Å². The Labute approximate surface area is 214 Å². The lowest BCUT2D eigenvalue weighted by atomic mass is 10.0. The van der Waals surface area contributed by atoms with Crippen LogP contribution >= 0.6 is 0 Å². The SMILES string of the molecule is CCCCCCCCC(=O)N(CC(=O)c1c(-c2ccccc2)[nH]n(-c2ccc(C)cc2)c1=O)C(C)C. The van der Waals surface area contributed by atoms with Gasteiger partial charge in [0.15, 0.2) is 5.78 Å². The zero-order chi connectivity index (χ0) is 26.1. The molecule has 3 aromatic rings. The predicted octanol–water partition coefficient (Wildman–Crippen LogP) is 6.31. The van der Waals surface area contributed by atoms with Gasteiger partial charge in [-0.15, -0.1) is 0 Å². The second-order valence-electron chi connectivity index (χ2n) is 9.76. The Kier molecular flexibility index (Phi) is 9.86. The molecule has 3 rings (SSSR count). The lowest BCUT2D eigenvalue weighted by molar-refractivity contribution is -0.132. The molecule has 192 valence electrons. The number of nitrogens with zero attached hydrogens (tertiary/aromatic N) is 2. The second kappa shape index (κ2) is 13.1. The van der Waals surface area contributed by atoms with Crippen molar-refractivity contribution in [2.45, 2.75) is 78.7 Å². The van der Waals surface area contributed by atoms with Crippen molar-refractivity contribution in [2.24, 2.45) is 0 Å². The minimum Gasteiger partial charge on any atom is -0.333 e. The van der Waals surface area contributed by atoms with E-state index in [4.69, 9.17) is 0 Å². The lowest BCUT2D eigenvalue weighted by Crippen LogP contribution is -2.41. The highest BCUT2D eigenvalue weighted by atomic mass is 16.2. The van der Waals surface area contributed by atoms with E-state index in [1.807, 2.05) is 75.4 Å². The Hall–Kier alpha value is -3.41. The zero-order valence-electron chi connectivity index (χ0n) is 22.0. The fourth-order valence-corrected chi connectivity index (χ4v) is 4.38. The summed E-state index contributed by atoms with van der Waals surface area (Å²) in [7, 11) is 0. The van der Waals surface area contributed by atoms with Crippen LogP contribution in [0, 0.1) is 6.92 Å². The van der Waals surface area contributed by atoms with Gasteiger partial charge in [-0.25, -0.2) is 4.68 Å². The van der Waals surface area contributed by atoms with Crippen molar-refractivity contribution in [3.63, 3.8) is 0 Å². The Morgan fingerprint density at radius 3 is 2.19 bits per heavy atom. The average molecular weight is 490 g/mol. The van der Waals surface area contributed by atoms with Crippen LogP contribution in [0.15, 0.2) is 59.4 Å². The quantitative estimate of drug-likeness (QED) is 0.226. The first-order valence-electron chi connectivity index (χ1n) is 13.1. The molecule has 0 aliphatic heterocycles. The molecule has 6 heteroatoms. The number of amides is 1. The highest BCUT2D eigenvalue weighted by Crippen LogP contribution is 2.22. The highest BCUT2D eigenvalue weighted by molar-refractivity contribution is 6.03. The van der Waals surface area contributed by atoms with Crippen molar-refractivity contribution in [2.75, 3.05) is 6.54 Å². The van der Waals surface area contributed by atoms with E-state index >= 15 is 0 Å². The fourth-order valence-electron chi connectivity index (χ4n) is 4.38. The first-order valence-corrected chi connectivity index (χ1v) is 13.1. The molecule has 1 heterocycles. The third-order valence-electron chi connectivity index (χ3n) is 6.53. The van der Waals surface area contributed by atoms with Gasteiger partial charge in [0.05, 0.1) is 17.9 Å². The first kappa shape index (κ1) is 27.2. The van der Waals surface area contributed by atoms with E-state index in [9.17, 15) is 14.4 Å². The molecule has 0 aliphatic carbocycles. The molecular weight excluding hydrogens is 450 g/mol. The molecule has 1 amide bonds. The van der Waals surface area contributed by atoms with Crippen LogP contribution in [0.25, 0.3) is 16.9 Å². The molecule has 1 aromatic heterocycles. The number of ketones is 1. The minimum atomic E-state index is -0.408.